The molecule has 1 aliphatic heterocycles. The van der Waals surface area contributed by atoms with Crippen molar-refractivity contribution in [2.75, 3.05) is 10.7 Å². The number of amides is 2. The summed E-state index contributed by atoms with van der Waals surface area (Å²) in [7, 11) is 0. The number of fused-ring (bicyclic) bond motifs is 1. The van der Waals surface area contributed by atoms with Gasteiger partial charge in [0.25, 0.3) is 5.56 Å². The summed E-state index contributed by atoms with van der Waals surface area (Å²) in [6.07, 6.45) is 0.0289. The zero-order valence-corrected chi connectivity index (χ0v) is 14.3. The number of aromatic nitrogens is 2. The summed E-state index contributed by atoms with van der Waals surface area (Å²) in [4.78, 5) is 42.9. The summed E-state index contributed by atoms with van der Waals surface area (Å²) in [5.74, 6) is 5.24. The largest absolute Gasteiger partial charge is 0.334 e. The number of hydrogen-bond acceptors (Lipinski definition) is 6. The van der Waals surface area contributed by atoms with E-state index >= 15 is 0 Å². The Kier molecular flexibility index (Phi) is 3.96. The van der Waals surface area contributed by atoms with Crippen molar-refractivity contribution in [2.45, 2.75) is 16.8 Å². The summed E-state index contributed by atoms with van der Waals surface area (Å²) in [6, 6.07) is 15.6. The van der Waals surface area contributed by atoms with Gasteiger partial charge in [-0.15, -0.1) is 0 Å². The van der Waals surface area contributed by atoms with Gasteiger partial charge in [-0.25, -0.2) is 14.6 Å². The molecule has 0 radical (unpaired) electrons. The molecule has 1 fully saturated rings. The lowest BCUT2D eigenvalue weighted by Crippen LogP contribution is -2.32. The molecule has 1 aliphatic rings. The van der Waals surface area contributed by atoms with Crippen molar-refractivity contribution >= 4 is 40.2 Å². The molecule has 1 atom stereocenters. The van der Waals surface area contributed by atoms with Gasteiger partial charge in [-0.1, -0.05) is 42.1 Å². The van der Waals surface area contributed by atoms with Crippen LogP contribution >= 0.6 is 11.8 Å². The van der Waals surface area contributed by atoms with Gasteiger partial charge in [-0.2, -0.15) is 0 Å². The number of anilines is 1. The van der Waals surface area contributed by atoms with Crippen LogP contribution in [0.3, 0.4) is 0 Å². The third-order valence-corrected chi connectivity index (χ3v) is 5.29. The van der Waals surface area contributed by atoms with E-state index in [2.05, 4.69) is 4.98 Å². The number of rotatable bonds is 3. The van der Waals surface area contributed by atoms with Crippen LogP contribution in [0.4, 0.5) is 5.69 Å². The second kappa shape index (κ2) is 6.30. The summed E-state index contributed by atoms with van der Waals surface area (Å²) < 4.78 is 0.927. The second-order valence-corrected chi connectivity index (χ2v) is 6.97. The predicted molar refractivity (Wildman–Crippen MR) is 99.4 cm³/mol. The number of thioether (sulfide) groups is 1. The lowest BCUT2D eigenvalue weighted by atomic mass is 10.2. The molecule has 1 saturated heterocycles. The Morgan fingerprint density at radius 3 is 2.46 bits per heavy atom. The fourth-order valence-electron chi connectivity index (χ4n) is 2.88. The molecule has 0 bridgehead atoms. The number of para-hydroxylation sites is 2. The van der Waals surface area contributed by atoms with Crippen LogP contribution in [0.25, 0.3) is 10.9 Å². The minimum atomic E-state index is -0.675. The summed E-state index contributed by atoms with van der Waals surface area (Å²) >= 11 is 1.03. The molecule has 4 rings (SSSR count). The maximum absolute atomic E-state index is 12.7. The van der Waals surface area contributed by atoms with E-state index in [1.807, 2.05) is 6.07 Å². The van der Waals surface area contributed by atoms with Crippen LogP contribution in [0.15, 0.2) is 64.5 Å². The van der Waals surface area contributed by atoms with Crippen molar-refractivity contribution < 1.29 is 9.59 Å². The fraction of sp³-hybridized carbons (Fsp3) is 0.111. The first-order chi connectivity index (χ1) is 12.6. The molecule has 1 aromatic heterocycles. The van der Waals surface area contributed by atoms with E-state index in [0.717, 1.165) is 21.3 Å². The average molecular weight is 366 g/mol. The first-order valence-corrected chi connectivity index (χ1v) is 8.79. The first kappa shape index (κ1) is 16.3. The fourth-order valence-corrected chi connectivity index (χ4v) is 3.91. The quantitative estimate of drug-likeness (QED) is 0.429. The van der Waals surface area contributed by atoms with Gasteiger partial charge in [0.1, 0.15) is 5.25 Å². The highest BCUT2D eigenvalue weighted by atomic mass is 32.2. The molecule has 2 amide bonds. The molecule has 3 aromatic rings. The lowest BCUT2D eigenvalue weighted by Gasteiger charge is -2.15. The zero-order valence-electron chi connectivity index (χ0n) is 13.5. The van der Waals surface area contributed by atoms with Crippen molar-refractivity contribution in [3.63, 3.8) is 0 Å². The molecule has 26 heavy (non-hydrogen) atoms. The van der Waals surface area contributed by atoms with Gasteiger partial charge in [-0.3, -0.25) is 14.4 Å². The lowest BCUT2D eigenvalue weighted by molar-refractivity contribution is -0.121. The summed E-state index contributed by atoms with van der Waals surface area (Å²) in [6.45, 7) is 0. The van der Waals surface area contributed by atoms with Gasteiger partial charge in [0.05, 0.1) is 16.6 Å². The summed E-state index contributed by atoms with van der Waals surface area (Å²) in [5.41, 5.74) is 0.635. The maximum atomic E-state index is 12.7. The van der Waals surface area contributed by atoms with Crippen LogP contribution in [0.2, 0.25) is 0 Å². The molecular weight excluding hydrogens is 352 g/mol. The zero-order chi connectivity index (χ0) is 18.3. The topological polar surface area (TPSA) is 98.3 Å². The number of nitrogen functional groups attached to an aromatic ring is 1. The smallest absolute Gasteiger partial charge is 0.280 e. The first-order valence-electron chi connectivity index (χ1n) is 7.91. The second-order valence-electron chi connectivity index (χ2n) is 5.80. The summed E-state index contributed by atoms with van der Waals surface area (Å²) in [5, 5.41) is -0.0700. The van der Waals surface area contributed by atoms with Gasteiger partial charge < -0.3 is 5.84 Å². The molecule has 0 aliphatic carbocycles. The van der Waals surface area contributed by atoms with Crippen LogP contribution in [0.5, 0.6) is 0 Å². The van der Waals surface area contributed by atoms with E-state index in [0.29, 0.717) is 16.6 Å². The number of imide groups is 1. The number of hydrogen-bond donors (Lipinski definition) is 1. The van der Waals surface area contributed by atoms with E-state index < -0.39 is 10.8 Å². The Balaban J connectivity index is 1.67. The Morgan fingerprint density at radius 2 is 1.69 bits per heavy atom. The Labute approximate surface area is 152 Å². The highest BCUT2D eigenvalue weighted by molar-refractivity contribution is 8.00. The van der Waals surface area contributed by atoms with E-state index in [1.165, 1.54) is 0 Å². The van der Waals surface area contributed by atoms with Crippen LogP contribution in [0.1, 0.15) is 6.42 Å². The van der Waals surface area contributed by atoms with Gasteiger partial charge in [-0.05, 0) is 24.3 Å². The van der Waals surface area contributed by atoms with Gasteiger partial charge in [0.15, 0.2) is 5.16 Å². The van der Waals surface area contributed by atoms with E-state index in [9.17, 15) is 14.4 Å². The molecular formula is C18H14N4O3S. The average Bonchev–Trinajstić information content (AvgIpc) is 2.93. The Bertz CT molecular complexity index is 1080. The highest BCUT2D eigenvalue weighted by Gasteiger charge is 2.40. The molecule has 7 nitrogen and oxygen atoms in total. The predicted octanol–water partition coefficient (Wildman–Crippen LogP) is 1.53. The van der Waals surface area contributed by atoms with Crippen molar-refractivity contribution in [3.8, 4) is 0 Å². The van der Waals surface area contributed by atoms with Gasteiger partial charge in [0.2, 0.25) is 11.8 Å². The Hall–Kier alpha value is -3.13. The van der Waals surface area contributed by atoms with E-state index in [4.69, 9.17) is 5.84 Å². The Morgan fingerprint density at radius 1 is 1.00 bits per heavy atom. The maximum Gasteiger partial charge on any atom is 0.280 e. The van der Waals surface area contributed by atoms with Crippen molar-refractivity contribution in [1.82, 2.24) is 9.66 Å². The van der Waals surface area contributed by atoms with Crippen LogP contribution in [-0.4, -0.2) is 26.7 Å². The molecule has 2 N–H and O–H groups in total. The number of benzene rings is 2. The van der Waals surface area contributed by atoms with Crippen molar-refractivity contribution in [2.24, 2.45) is 0 Å². The molecule has 0 spiro atoms. The van der Waals surface area contributed by atoms with Crippen LogP contribution in [-0.2, 0) is 9.59 Å². The number of carbonyl (C=O) groups is 2. The standard InChI is InChI=1S/C18H14N4O3S/c19-22-16(24)12-8-4-5-9-13(12)20-18(22)26-14-10-15(23)21(17(14)25)11-6-2-1-3-7-11/h1-9,14H,10,19H2. The molecule has 1 unspecified atom stereocenters. The van der Waals surface area contributed by atoms with Gasteiger partial charge >= 0.3 is 0 Å². The monoisotopic (exact) mass is 366 g/mol. The van der Waals surface area contributed by atoms with Crippen LogP contribution < -0.4 is 16.3 Å². The number of nitrogens with two attached hydrogens (primary N) is 1. The number of nitrogens with zero attached hydrogens (tertiary/aromatic N) is 3. The third kappa shape index (κ3) is 2.64. The third-order valence-electron chi connectivity index (χ3n) is 4.14. The molecule has 0 saturated carbocycles. The van der Waals surface area contributed by atoms with Gasteiger partial charge in [0, 0.05) is 6.42 Å². The molecule has 130 valence electrons. The number of carbonyl (C=O) groups excluding carboxylic acids is 2. The van der Waals surface area contributed by atoms with Crippen molar-refractivity contribution in [1.29, 1.82) is 0 Å². The molecule has 8 heteroatoms. The molecule has 2 heterocycles. The molecule has 2 aromatic carbocycles. The van der Waals surface area contributed by atoms with Crippen LogP contribution in [0, 0.1) is 0 Å². The van der Waals surface area contributed by atoms with E-state index in [1.54, 1.807) is 48.5 Å². The minimum absolute atomic E-state index is 0.0289. The minimum Gasteiger partial charge on any atom is -0.334 e. The van der Waals surface area contributed by atoms with Crippen molar-refractivity contribution in [3.05, 3.63) is 65.0 Å². The van der Waals surface area contributed by atoms with E-state index in [-0.39, 0.29) is 23.4 Å². The normalized spacial score (nSPS) is 17.2. The SMILES string of the molecule is Nn1c(SC2CC(=O)N(c3ccccc3)C2=O)nc2ccccc2c1=O. The highest BCUT2D eigenvalue weighted by Crippen LogP contribution is 2.32.